The molecule has 0 spiro atoms. The zero-order valence-corrected chi connectivity index (χ0v) is 12.8. The van der Waals surface area contributed by atoms with Crippen LogP contribution in [-0.4, -0.2) is 37.0 Å². The standard InChI is InChI=1S/C16H27NO3/c1-4-11-17-16(3,13-18)10-12-20-15-9-7-6-8-14(15)19-5-2/h6-9,17-18H,4-5,10-13H2,1-3H3. The van der Waals surface area contributed by atoms with Gasteiger partial charge in [0.05, 0.1) is 19.8 Å². The first kappa shape index (κ1) is 16.8. The van der Waals surface area contributed by atoms with E-state index in [1.807, 2.05) is 38.1 Å². The second-order valence-electron chi connectivity index (χ2n) is 5.12. The highest BCUT2D eigenvalue weighted by molar-refractivity contribution is 5.39. The van der Waals surface area contributed by atoms with Crippen LogP contribution in [0.25, 0.3) is 0 Å². The molecule has 114 valence electrons. The number of nitrogens with one attached hydrogen (secondary N) is 1. The van der Waals surface area contributed by atoms with E-state index in [1.165, 1.54) is 0 Å². The van der Waals surface area contributed by atoms with Crippen molar-refractivity contribution in [3.05, 3.63) is 24.3 Å². The summed E-state index contributed by atoms with van der Waals surface area (Å²) in [5.41, 5.74) is -0.295. The molecule has 0 fully saturated rings. The number of benzene rings is 1. The number of aliphatic hydroxyl groups excluding tert-OH is 1. The maximum Gasteiger partial charge on any atom is 0.161 e. The first-order chi connectivity index (χ1) is 9.65. The average Bonchev–Trinajstić information content (AvgIpc) is 2.47. The highest BCUT2D eigenvalue weighted by Crippen LogP contribution is 2.26. The molecular formula is C16H27NO3. The van der Waals surface area contributed by atoms with Crippen LogP contribution in [0, 0.1) is 0 Å². The largest absolute Gasteiger partial charge is 0.490 e. The van der Waals surface area contributed by atoms with Crippen molar-refractivity contribution in [1.82, 2.24) is 5.32 Å². The van der Waals surface area contributed by atoms with Gasteiger partial charge in [0, 0.05) is 12.0 Å². The molecule has 0 radical (unpaired) electrons. The first-order valence-electron chi connectivity index (χ1n) is 7.35. The Balaban J connectivity index is 2.50. The van der Waals surface area contributed by atoms with Gasteiger partial charge in [0.15, 0.2) is 11.5 Å². The van der Waals surface area contributed by atoms with Gasteiger partial charge in [-0.15, -0.1) is 0 Å². The summed E-state index contributed by atoms with van der Waals surface area (Å²) in [5, 5.41) is 12.9. The van der Waals surface area contributed by atoms with Gasteiger partial charge < -0.3 is 19.9 Å². The summed E-state index contributed by atoms with van der Waals surface area (Å²) in [7, 11) is 0. The van der Waals surface area contributed by atoms with E-state index in [0.717, 1.165) is 30.9 Å². The molecule has 0 saturated carbocycles. The lowest BCUT2D eigenvalue weighted by atomic mass is 9.99. The summed E-state index contributed by atoms with van der Waals surface area (Å²) in [6, 6.07) is 7.66. The number of para-hydroxylation sites is 2. The molecule has 1 aromatic carbocycles. The highest BCUT2D eigenvalue weighted by atomic mass is 16.5. The van der Waals surface area contributed by atoms with Crippen molar-refractivity contribution in [1.29, 1.82) is 0 Å². The minimum absolute atomic E-state index is 0.101. The fraction of sp³-hybridized carbons (Fsp3) is 0.625. The van der Waals surface area contributed by atoms with E-state index in [0.29, 0.717) is 13.2 Å². The zero-order chi connectivity index (χ0) is 14.8. The SMILES string of the molecule is CCCNC(C)(CO)CCOc1ccccc1OCC. The second-order valence-corrected chi connectivity index (χ2v) is 5.12. The van der Waals surface area contributed by atoms with Gasteiger partial charge in [-0.1, -0.05) is 19.1 Å². The third-order valence-electron chi connectivity index (χ3n) is 3.21. The molecule has 1 unspecified atom stereocenters. The summed E-state index contributed by atoms with van der Waals surface area (Å²) in [6.45, 7) is 8.23. The van der Waals surface area contributed by atoms with Crippen LogP contribution in [0.3, 0.4) is 0 Å². The Hall–Kier alpha value is -1.26. The van der Waals surface area contributed by atoms with E-state index in [9.17, 15) is 5.11 Å². The second kappa shape index (κ2) is 8.82. The van der Waals surface area contributed by atoms with Crippen LogP contribution >= 0.6 is 0 Å². The smallest absolute Gasteiger partial charge is 0.161 e. The van der Waals surface area contributed by atoms with Crippen molar-refractivity contribution in [3.63, 3.8) is 0 Å². The molecule has 0 amide bonds. The summed E-state index contributed by atoms with van der Waals surface area (Å²) >= 11 is 0. The maximum atomic E-state index is 9.51. The van der Waals surface area contributed by atoms with E-state index >= 15 is 0 Å². The highest BCUT2D eigenvalue weighted by Gasteiger charge is 2.22. The molecule has 0 aliphatic heterocycles. The third kappa shape index (κ3) is 5.39. The minimum Gasteiger partial charge on any atom is -0.490 e. The van der Waals surface area contributed by atoms with E-state index < -0.39 is 0 Å². The lowest BCUT2D eigenvalue weighted by Gasteiger charge is -2.28. The molecule has 0 heterocycles. The molecular weight excluding hydrogens is 254 g/mol. The van der Waals surface area contributed by atoms with Crippen molar-refractivity contribution >= 4 is 0 Å². The Kier molecular flexibility index (Phi) is 7.41. The maximum absolute atomic E-state index is 9.51. The van der Waals surface area contributed by atoms with E-state index in [2.05, 4.69) is 12.2 Å². The van der Waals surface area contributed by atoms with Crippen LogP contribution in [0.4, 0.5) is 0 Å². The lowest BCUT2D eigenvalue weighted by Crippen LogP contribution is -2.47. The lowest BCUT2D eigenvalue weighted by molar-refractivity contribution is 0.143. The molecule has 0 aromatic heterocycles. The Morgan fingerprint density at radius 2 is 1.80 bits per heavy atom. The molecule has 0 bridgehead atoms. The van der Waals surface area contributed by atoms with E-state index in [1.54, 1.807) is 0 Å². The molecule has 4 heteroatoms. The molecule has 1 aromatic rings. The van der Waals surface area contributed by atoms with Gasteiger partial charge in [-0.2, -0.15) is 0 Å². The van der Waals surface area contributed by atoms with Crippen LogP contribution in [0.5, 0.6) is 11.5 Å². The minimum atomic E-state index is -0.295. The van der Waals surface area contributed by atoms with Crippen LogP contribution in [0.15, 0.2) is 24.3 Å². The monoisotopic (exact) mass is 281 g/mol. The predicted molar refractivity (Wildman–Crippen MR) is 81.5 cm³/mol. The van der Waals surface area contributed by atoms with Gasteiger partial charge in [0.25, 0.3) is 0 Å². The molecule has 1 atom stereocenters. The fourth-order valence-corrected chi connectivity index (χ4v) is 1.88. The molecule has 1 rings (SSSR count). The van der Waals surface area contributed by atoms with Crippen LogP contribution in [0.2, 0.25) is 0 Å². The van der Waals surface area contributed by atoms with Crippen LogP contribution < -0.4 is 14.8 Å². The normalized spacial score (nSPS) is 13.8. The van der Waals surface area contributed by atoms with Crippen molar-refractivity contribution in [3.8, 4) is 11.5 Å². The molecule has 4 nitrogen and oxygen atoms in total. The van der Waals surface area contributed by atoms with Gasteiger partial charge >= 0.3 is 0 Å². The Morgan fingerprint density at radius 1 is 1.15 bits per heavy atom. The number of hydrogen-bond donors (Lipinski definition) is 2. The molecule has 0 saturated heterocycles. The van der Waals surface area contributed by atoms with Gasteiger partial charge in [0.2, 0.25) is 0 Å². The van der Waals surface area contributed by atoms with Crippen LogP contribution in [0.1, 0.15) is 33.6 Å². The number of hydrogen-bond acceptors (Lipinski definition) is 4. The average molecular weight is 281 g/mol. The van der Waals surface area contributed by atoms with Gasteiger partial charge in [-0.05, 0) is 38.9 Å². The predicted octanol–water partition coefficient (Wildman–Crippen LogP) is 2.60. The Bertz CT molecular complexity index is 384. The molecule has 2 N–H and O–H groups in total. The Labute approximate surface area is 122 Å². The topological polar surface area (TPSA) is 50.7 Å². The van der Waals surface area contributed by atoms with Gasteiger partial charge in [-0.25, -0.2) is 0 Å². The van der Waals surface area contributed by atoms with Gasteiger partial charge in [0.1, 0.15) is 0 Å². The molecule has 0 aliphatic carbocycles. The van der Waals surface area contributed by atoms with Crippen molar-refractivity contribution in [2.24, 2.45) is 0 Å². The summed E-state index contributed by atoms with van der Waals surface area (Å²) < 4.78 is 11.3. The van der Waals surface area contributed by atoms with E-state index in [-0.39, 0.29) is 12.1 Å². The van der Waals surface area contributed by atoms with Crippen molar-refractivity contribution in [2.45, 2.75) is 39.2 Å². The van der Waals surface area contributed by atoms with Crippen LogP contribution in [-0.2, 0) is 0 Å². The fourth-order valence-electron chi connectivity index (χ4n) is 1.88. The number of rotatable bonds is 10. The third-order valence-corrected chi connectivity index (χ3v) is 3.21. The summed E-state index contributed by atoms with van der Waals surface area (Å²) in [4.78, 5) is 0. The Morgan fingerprint density at radius 3 is 2.35 bits per heavy atom. The van der Waals surface area contributed by atoms with Crippen molar-refractivity contribution < 1.29 is 14.6 Å². The number of aliphatic hydroxyl groups is 1. The molecule has 20 heavy (non-hydrogen) atoms. The molecule has 0 aliphatic rings. The first-order valence-corrected chi connectivity index (χ1v) is 7.35. The zero-order valence-electron chi connectivity index (χ0n) is 12.8. The van der Waals surface area contributed by atoms with E-state index in [4.69, 9.17) is 9.47 Å². The number of ether oxygens (including phenoxy) is 2. The summed E-state index contributed by atoms with van der Waals surface area (Å²) in [6.07, 6.45) is 1.79. The quantitative estimate of drug-likeness (QED) is 0.692. The van der Waals surface area contributed by atoms with Gasteiger partial charge in [-0.3, -0.25) is 0 Å². The summed E-state index contributed by atoms with van der Waals surface area (Å²) in [5.74, 6) is 1.52. The van der Waals surface area contributed by atoms with Crippen molar-refractivity contribution in [2.75, 3.05) is 26.4 Å².